The summed E-state index contributed by atoms with van der Waals surface area (Å²) in [6.45, 7) is 0. The highest BCUT2D eigenvalue weighted by atomic mass is 35.5. The van der Waals surface area contributed by atoms with Crippen molar-refractivity contribution in [1.29, 1.82) is 0 Å². The predicted octanol–water partition coefficient (Wildman–Crippen LogP) is 1.62. The van der Waals surface area contributed by atoms with E-state index in [1.165, 1.54) is 11.8 Å². The number of nitrogens with zero attached hydrogens (tertiary/aromatic N) is 1. The molecule has 6 nitrogen and oxygen atoms in total. The number of aromatic nitrogens is 3. The van der Waals surface area contributed by atoms with E-state index in [9.17, 15) is 9.59 Å². The van der Waals surface area contributed by atoms with E-state index in [1.807, 2.05) is 0 Å². The van der Waals surface area contributed by atoms with Crippen LogP contribution in [0.4, 0.5) is 5.69 Å². The number of nitrogens with one attached hydrogen (secondary N) is 3. The third-order valence-electron chi connectivity index (χ3n) is 2.15. The van der Waals surface area contributed by atoms with E-state index in [-0.39, 0.29) is 17.3 Å². The van der Waals surface area contributed by atoms with Crippen molar-refractivity contribution in [2.75, 3.05) is 11.1 Å². The number of anilines is 1. The summed E-state index contributed by atoms with van der Waals surface area (Å²) in [5.41, 5.74) is 0.351. The monoisotopic (exact) mass is 298 g/mol. The molecule has 1 amide bonds. The highest BCUT2D eigenvalue weighted by Gasteiger charge is 2.04. The summed E-state index contributed by atoms with van der Waals surface area (Å²) in [6.07, 6.45) is 0. The molecule has 1 aromatic heterocycles. The fourth-order valence-electron chi connectivity index (χ4n) is 1.34. The van der Waals surface area contributed by atoms with Gasteiger partial charge >= 0.3 is 5.69 Å². The Morgan fingerprint density at radius 3 is 2.74 bits per heavy atom. The Bertz CT molecular complexity index is 608. The summed E-state index contributed by atoms with van der Waals surface area (Å²) >= 11 is 7.11. The van der Waals surface area contributed by atoms with Gasteiger partial charge in [0.15, 0.2) is 0 Å². The van der Waals surface area contributed by atoms with E-state index in [2.05, 4.69) is 20.5 Å². The van der Waals surface area contributed by atoms with Crippen LogP contribution in [-0.4, -0.2) is 26.8 Å². The van der Waals surface area contributed by atoms with Gasteiger partial charge in [-0.25, -0.2) is 9.89 Å². The van der Waals surface area contributed by atoms with E-state index < -0.39 is 0 Å². The number of benzene rings is 1. The molecule has 0 saturated carbocycles. The molecule has 0 bridgehead atoms. The number of amides is 1. The van der Waals surface area contributed by atoms with Crippen molar-refractivity contribution in [2.24, 2.45) is 0 Å². The molecule has 0 radical (unpaired) electrons. The zero-order chi connectivity index (χ0) is 13.7. The molecule has 2 rings (SSSR count). The van der Waals surface area contributed by atoms with Gasteiger partial charge < -0.3 is 5.32 Å². The minimum Gasteiger partial charge on any atom is -0.325 e. The number of rotatable bonds is 5. The molecule has 0 aliphatic carbocycles. The van der Waals surface area contributed by atoms with Crippen molar-refractivity contribution in [3.63, 3.8) is 0 Å². The van der Waals surface area contributed by atoms with E-state index in [0.717, 1.165) is 0 Å². The van der Waals surface area contributed by atoms with Crippen LogP contribution in [0.3, 0.4) is 0 Å². The Kier molecular flexibility index (Phi) is 4.64. The molecule has 0 aliphatic rings. The maximum atomic E-state index is 11.6. The van der Waals surface area contributed by atoms with Crippen LogP contribution in [0.1, 0.15) is 5.82 Å². The number of H-pyrrole nitrogens is 2. The van der Waals surface area contributed by atoms with Crippen LogP contribution in [0.5, 0.6) is 0 Å². The van der Waals surface area contributed by atoms with Crippen LogP contribution in [0.25, 0.3) is 0 Å². The quantitative estimate of drug-likeness (QED) is 0.782. The Morgan fingerprint density at radius 1 is 1.37 bits per heavy atom. The average molecular weight is 299 g/mol. The lowest BCUT2D eigenvalue weighted by Gasteiger charge is -2.04. The summed E-state index contributed by atoms with van der Waals surface area (Å²) in [6, 6.07) is 6.88. The third-order valence-corrected chi connectivity index (χ3v) is 3.35. The molecule has 1 heterocycles. The van der Waals surface area contributed by atoms with E-state index in [0.29, 0.717) is 22.3 Å². The van der Waals surface area contributed by atoms with Crippen molar-refractivity contribution < 1.29 is 4.79 Å². The van der Waals surface area contributed by atoms with E-state index in [1.54, 1.807) is 24.3 Å². The first kappa shape index (κ1) is 13.7. The van der Waals surface area contributed by atoms with Gasteiger partial charge in [-0.3, -0.25) is 9.78 Å². The second-order valence-electron chi connectivity index (χ2n) is 3.67. The van der Waals surface area contributed by atoms with Crippen LogP contribution in [0, 0.1) is 0 Å². The summed E-state index contributed by atoms with van der Waals surface area (Å²) in [5.74, 6) is 1.14. The van der Waals surface area contributed by atoms with Gasteiger partial charge in [0.2, 0.25) is 5.91 Å². The Labute approximate surface area is 117 Å². The number of halogens is 1. The first-order valence-corrected chi connectivity index (χ1v) is 6.93. The minimum atomic E-state index is -0.346. The zero-order valence-corrected chi connectivity index (χ0v) is 11.3. The number of thioether (sulfide) groups is 1. The molecule has 8 heteroatoms. The van der Waals surface area contributed by atoms with Crippen LogP contribution in [0.2, 0.25) is 5.02 Å². The fraction of sp³-hybridized carbons (Fsp3) is 0.182. The molecule has 0 atom stereocenters. The number of hydrogen-bond donors (Lipinski definition) is 3. The van der Waals surface area contributed by atoms with Gasteiger partial charge in [-0.05, 0) is 24.3 Å². The standard InChI is InChI=1S/C11H11ClN4O2S/c12-7-1-3-8(4-2-7)13-10(17)6-19-5-9-14-11(18)16-15-9/h1-4H,5-6H2,(H,13,17)(H2,14,15,16,18). The summed E-state index contributed by atoms with van der Waals surface area (Å²) in [4.78, 5) is 24.9. The second-order valence-corrected chi connectivity index (χ2v) is 5.09. The lowest BCUT2D eigenvalue weighted by atomic mass is 10.3. The first-order chi connectivity index (χ1) is 9.13. The highest BCUT2D eigenvalue weighted by molar-refractivity contribution is 7.99. The Balaban J connectivity index is 1.75. The topological polar surface area (TPSA) is 90.6 Å². The van der Waals surface area contributed by atoms with Gasteiger partial charge in [0.1, 0.15) is 5.82 Å². The van der Waals surface area contributed by atoms with E-state index >= 15 is 0 Å². The first-order valence-electron chi connectivity index (χ1n) is 5.40. The maximum Gasteiger partial charge on any atom is 0.340 e. The molecule has 0 aliphatic heterocycles. The van der Waals surface area contributed by atoms with Crippen molar-refractivity contribution in [3.8, 4) is 0 Å². The SMILES string of the molecule is O=C(CSCc1n[nH]c(=O)[nH]1)Nc1ccc(Cl)cc1. The maximum absolute atomic E-state index is 11.6. The van der Waals surface area contributed by atoms with Gasteiger partial charge in [-0.15, -0.1) is 11.8 Å². The van der Waals surface area contributed by atoms with Crippen LogP contribution >= 0.6 is 23.4 Å². The Hall–Kier alpha value is -1.73. The van der Waals surface area contributed by atoms with Gasteiger partial charge in [0.25, 0.3) is 0 Å². The minimum absolute atomic E-state index is 0.120. The smallest absolute Gasteiger partial charge is 0.325 e. The van der Waals surface area contributed by atoms with Crippen molar-refractivity contribution >= 4 is 35.0 Å². The van der Waals surface area contributed by atoms with Gasteiger partial charge in [0.05, 0.1) is 11.5 Å². The number of carbonyl (C=O) groups excluding carboxylic acids is 1. The summed E-state index contributed by atoms with van der Waals surface area (Å²) in [5, 5.41) is 9.37. The molecule has 0 saturated heterocycles. The molecular weight excluding hydrogens is 288 g/mol. The summed E-state index contributed by atoms with van der Waals surface area (Å²) < 4.78 is 0. The zero-order valence-electron chi connectivity index (χ0n) is 9.77. The van der Waals surface area contributed by atoms with Gasteiger partial charge in [-0.1, -0.05) is 11.6 Å². The molecular formula is C11H11ClN4O2S. The number of aromatic amines is 2. The van der Waals surface area contributed by atoms with Crippen molar-refractivity contribution in [1.82, 2.24) is 15.2 Å². The van der Waals surface area contributed by atoms with Crippen LogP contribution in [-0.2, 0) is 10.5 Å². The molecule has 100 valence electrons. The fourth-order valence-corrected chi connectivity index (χ4v) is 2.16. The molecule has 19 heavy (non-hydrogen) atoms. The molecule has 2 aromatic rings. The number of carbonyl (C=O) groups is 1. The molecule has 3 N–H and O–H groups in total. The molecule has 1 aromatic carbocycles. The second kappa shape index (κ2) is 6.44. The van der Waals surface area contributed by atoms with Crippen molar-refractivity contribution in [3.05, 3.63) is 45.6 Å². The van der Waals surface area contributed by atoms with E-state index in [4.69, 9.17) is 11.6 Å². The lowest BCUT2D eigenvalue weighted by molar-refractivity contribution is -0.113. The largest absolute Gasteiger partial charge is 0.340 e. The van der Waals surface area contributed by atoms with Crippen LogP contribution < -0.4 is 11.0 Å². The third kappa shape index (κ3) is 4.46. The molecule has 0 fully saturated rings. The molecule has 0 spiro atoms. The molecule has 0 unspecified atom stereocenters. The van der Waals surface area contributed by atoms with Gasteiger partial charge in [-0.2, -0.15) is 5.10 Å². The normalized spacial score (nSPS) is 10.4. The lowest BCUT2D eigenvalue weighted by Crippen LogP contribution is -2.14. The Morgan fingerprint density at radius 2 is 2.11 bits per heavy atom. The highest BCUT2D eigenvalue weighted by Crippen LogP contribution is 2.14. The average Bonchev–Trinajstić information content (AvgIpc) is 2.78. The van der Waals surface area contributed by atoms with Crippen LogP contribution in [0.15, 0.2) is 29.1 Å². The van der Waals surface area contributed by atoms with Gasteiger partial charge in [0, 0.05) is 10.7 Å². The predicted molar refractivity (Wildman–Crippen MR) is 75.5 cm³/mol. The van der Waals surface area contributed by atoms with Crippen molar-refractivity contribution in [2.45, 2.75) is 5.75 Å². The number of hydrogen-bond acceptors (Lipinski definition) is 4. The summed E-state index contributed by atoms with van der Waals surface area (Å²) in [7, 11) is 0.